The molecule has 1 aromatic carbocycles. The summed E-state index contributed by atoms with van der Waals surface area (Å²) in [7, 11) is 0. The number of hydrogen-bond donors (Lipinski definition) is 1. The van der Waals surface area contributed by atoms with Gasteiger partial charge in [0.2, 0.25) is 0 Å². The maximum atomic E-state index is 13.2. The van der Waals surface area contributed by atoms with Gasteiger partial charge in [-0.15, -0.1) is 0 Å². The third-order valence-electron chi connectivity index (χ3n) is 2.16. The van der Waals surface area contributed by atoms with Crippen LogP contribution in [-0.4, -0.2) is 4.98 Å². The van der Waals surface area contributed by atoms with Crippen molar-refractivity contribution in [1.82, 2.24) is 4.98 Å². The Morgan fingerprint density at radius 1 is 1.00 bits per heavy atom. The minimum absolute atomic E-state index is 0.130. The van der Waals surface area contributed by atoms with E-state index in [2.05, 4.69) is 10.3 Å². The van der Waals surface area contributed by atoms with Gasteiger partial charge in [0.25, 0.3) is 0 Å². The summed E-state index contributed by atoms with van der Waals surface area (Å²) in [4.78, 5) is 3.81. The largest absolute Gasteiger partial charge is 0.363 e. The van der Waals surface area contributed by atoms with Crippen molar-refractivity contribution in [3.8, 4) is 0 Å². The zero-order valence-corrected chi connectivity index (χ0v) is 8.45. The molecular formula is C12H10F2N2. The minimum atomic E-state index is -0.446. The van der Waals surface area contributed by atoms with Gasteiger partial charge in [0, 0.05) is 18.3 Å². The normalized spacial score (nSPS) is 10.1. The molecule has 0 bridgehead atoms. The highest BCUT2D eigenvalue weighted by atomic mass is 19.1. The summed E-state index contributed by atoms with van der Waals surface area (Å²) in [6.07, 6.45) is 1.48. The summed E-state index contributed by atoms with van der Waals surface area (Å²) in [5.41, 5.74) is 0.479. The van der Waals surface area contributed by atoms with Crippen LogP contribution in [0, 0.1) is 11.6 Å². The lowest BCUT2D eigenvalue weighted by molar-refractivity contribution is 0.609. The fourth-order valence-corrected chi connectivity index (χ4v) is 1.34. The van der Waals surface area contributed by atoms with Crippen molar-refractivity contribution in [2.45, 2.75) is 6.54 Å². The van der Waals surface area contributed by atoms with Crippen molar-refractivity contribution >= 4 is 5.82 Å². The van der Waals surface area contributed by atoms with Gasteiger partial charge in [0.05, 0.1) is 0 Å². The number of hydrogen-bond acceptors (Lipinski definition) is 2. The molecular weight excluding hydrogens is 210 g/mol. The van der Waals surface area contributed by atoms with Crippen LogP contribution in [0.4, 0.5) is 14.6 Å². The van der Waals surface area contributed by atoms with Gasteiger partial charge in [-0.25, -0.2) is 13.8 Å². The second kappa shape index (κ2) is 4.70. The predicted molar refractivity (Wildman–Crippen MR) is 57.9 cm³/mol. The Hall–Kier alpha value is -1.97. The zero-order chi connectivity index (χ0) is 11.4. The van der Waals surface area contributed by atoms with Crippen LogP contribution in [0.3, 0.4) is 0 Å². The van der Waals surface area contributed by atoms with Crippen LogP contribution in [-0.2, 0) is 6.54 Å². The number of nitrogens with one attached hydrogen (secondary N) is 1. The molecule has 0 aliphatic heterocycles. The first-order valence-electron chi connectivity index (χ1n) is 4.85. The van der Waals surface area contributed by atoms with Gasteiger partial charge in [-0.1, -0.05) is 18.2 Å². The van der Waals surface area contributed by atoms with Gasteiger partial charge >= 0.3 is 0 Å². The van der Waals surface area contributed by atoms with Crippen LogP contribution in [0.25, 0.3) is 0 Å². The summed E-state index contributed by atoms with van der Waals surface area (Å²) in [6.45, 7) is 0.209. The van der Waals surface area contributed by atoms with E-state index in [1.807, 2.05) is 0 Å². The lowest BCUT2D eigenvalue weighted by Crippen LogP contribution is -2.04. The van der Waals surface area contributed by atoms with Crippen LogP contribution in [0.2, 0.25) is 0 Å². The summed E-state index contributed by atoms with van der Waals surface area (Å²) in [5.74, 6) is -0.629. The van der Waals surface area contributed by atoms with E-state index in [1.54, 1.807) is 18.2 Å². The number of aromatic nitrogens is 1. The third kappa shape index (κ3) is 2.34. The van der Waals surface area contributed by atoms with E-state index >= 15 is 0 Å². The van der Waals surface area contributed by atoms with Gasteiger partial charge in [0.1, 0.15) is 5.82 Å². The molecule has 0 atom stereocenters. The molecule has 4 heteroatoms. The average molecular weight is 220 g/mol. The molecule has 1 aromatic heterocycles. The number of halogens is 2. The van der Waals surface area contributed by atoms with Crippen molar-refractivity contribution < 1.29 is 8.78 Å². The molecule has 0 saturated heterocycles. The maximum Gasteiger partial charge on any atom is 0.165 e. The van der Waals surface area contributed by atoms with Gasteiger partial charge in [-0.05, 0) is 18.2 Å². The molecule has 0 fully saturated rings. The second-order valence-corrected chi connectivity index (χ2v) is 3.28. The summed E-state index contributed by atoms with van der Waals surface area (Å²) in [5, 5.41) is 2.74. The first-order valence-corrected chi connectivity index (χ1v) is 4.85. The maximum absolute atomic E-state index is 13.2. The molecule has 0 amide bonds. The second-order valence-electron chi connectivity index (χ2n) is 3.28. The molecule has 16 heavy (non-hydrogen) atoms. The quantitative estimate of drug-likeness (QED) is 0.860. The van der Waals surface area contributed by atoms with Crippen LogP contribution in [0.5, 0.6) is 0 Å². The van der Waals surface area contributed by atoms with E-state index < -0.39 is 5.82 Å². The average Bonchev–Trinajstić information content (AvgIpc) is 2.30. The Bertz CT molecular complexity index is 440. The Morgan fingerprint density at radius 2 is 1.75 bits per heavy atom. The number of anilines is 1. The van der Waals surface area contributed by atoms with E-state index in [0.29, 0.717) is 5.56 Å². The van der Waals surface area contributed by atoms with E-state index in [1.165, 1.54) is 24.4 Å². The van der Waals surface area contributed by atoms with Crippen LogP contribution in [0.1, 0.15) is 5.56 Å². The minimum Gasteiger partial charge on any atom is -0.363 e. The highest BCUT2D eigenvalue weighted by molar-refractivity contribution is 5.36. The monoisotopic (exact) mass is 220 g/mol. The van der Waals surface area contributed by atoms with Crippen LogP contribution in [0.15, 0.2) is 42.6 Å². The van der Waals surface area contributed by atoms with Gasteiger partial charge < -0.3 is 5.32 Å². The van der Waals surface area contributed by atoms with Gasteiger partial charge in [0.15, 0.2) is 11.6 Å². The number of rotatable bonds is 3. The molecule has 0 saturated carbocycles. The summed E-state index contributed by atoms with van der Waals surface area (Å²) >= 11 is 0. The molecule has 0 aliphatic carbocycles. The molecule has 82 valence electrons. The first-order chi connectivity index (χ1) is 7.77. The summed E-state index contributed by atoms with van der Waals surface area (Å²) in [6, 6.07) is 9.16. The number of nitrogens with zero attached hydrogens (tertiary/aromatic N) is 1. The topological polar surface area (TPSA) is 24.9 Å². The Kier molecular flexibility index (Phi) is 3.10. The molecule has 0 spiro atoms. The van der Waals surface area contributed by atoms with Crippen molar-refractivity contribution in [1.29, 1.82) is 0 Å². The Morgan fingerprint density at radius 3 is 2.50 bits per heavy atom. The Balaban J connectivity index is 2.09. The fourth-order valence-electron chi connectivity index (χ4n) is 1.34. The molecule has 2 aromatic rings. The molecule has 0 unspecified atom stereocenters. The lowest BCUT2D eigenvalue weighted by Gasteiger charge is -2.06. The predicted octanol–water partition coefficient (Wildman–Crippen LogP) is 2.97. The first kappa shape index (κ1) is 10.5. The highest BCUT2D eigenvalue weighted by Gasteiger charge is 2.03. The molecule has 0 aliphatic rings. The van der Waals surface area contributed by atoms with Crippen LogP contribution >= 0.6 is 0 Å². The van der Waals surface area contributed by atoms with E-state index in [4.69, 9.17) is 0 Å². The summed E-state index contributed by atoms with van der Waals surface area (Å²) < 4.78 is 26.4. The third-order valence-corrected chi connectivity index (χ3v) is 2.16. The van der Waals surface area contributed by atoms with E-state index in [-0.39, 0.29) is 18.2 Å². The fraction of sp³-hybridized carbons (Fsp3) is 0.0833. The van der Waals surface area contributed by atoms with Crippen molar-refractivity contribution in [3.63, 3.8) is 0 Å². The van der Waals surface area contributed by atoms with Crippen molar-refractivity contribution in [3.05, 3.63) is 59.8 Å². The molecule has 0 radical (unpaired) electrons. The van der Waals surface area contributed by atoms with Gasteiger partial charge in [-0.3, -0.25) is 0 Å². The van der Waals surface area contributed by atoms with E-state index in [0.717, 1.165) is 0 Å². The van der Waals surface area contributed by atoms with Crippen molar-refractivity contribution in [2.75, 3.05) is 5.32 Å². The standard InChI is InChI=1S/C12H10F2N2/c13-10-5-2-1-4-9(10)8-16-12-11(14)6-3-7-15-12/h1-7H,8H2,(H,15,16). The zero-order valence-electron chi connectivity index (χ0n) is 8.45. The van der Waals surface area contributed by atoms with Crippen LogP contribution < -0.4 is 5.32 Å². The van der Waals surface area contributed by atoms with E-state index in [9.17, 15) is 8.78 Å². The molecule has 1 heterocycles. The number of pyridine rings is 1. The molecule has 2 nitrogen and oxygen atoms in total. The molecule has 2 rings (SSSR count). The van der Waals surface area contributed by atoms with Crippen molar-refractivity contribution in [2.24, 2.45) is 0 Å². The SMILES string of the molecule is Fc1ccccc1CNc1ncccc1F. The smallest absolute Gasteiger partial charge is 0.165 e. The van der Waals surface area contributed by atoms with Gasteiger partial charge in [-0.2, -0.15) is 0 Å². The number of benzene rings is 1. The lowest BCUT2D eigenvalue weighted by atomic mass is 10.2. The Labute approximate surface area is 92.0 Å². The molecule has 1 N–H and O–H groups in total. The highest BCUT2D eigenvalue weighted by Crippen LogP contribution is 2.12.